The molecular weight excluding hydrogens is 324 g/mol. The van der Waals surface area contributed by atoms with Crippen molar-refractivity contribution in [2.24, 2.45) is 0 Å². The Morgan fingerprint density at radius 1 is 1.27 bits per heavy atom. The number of para-hydroxylation sites is 1. The van der Waals surface area contributed by atoms with Gasteiger partial charge in [-0.3, -0.25) is 4.79 Å². The molecule has 1 aliphatic rings. The topological polar surface area (TPSA) is 54.1 Å². The van der Waals surface area contributed by atoms with E-state index in [-0.39, 0.29) is 17.9 Å². The lowest BCUT2D eigenvalue weighted by Crippen LogP contribution is -2.36. The average Bonchev–Trinajstić information content (AvgIpc) is 3.32. The number of aromatic nitrogens is 1. The number of carbonyl (C=O) groups excluding carboxylic acids is 1. The van der Waals surface area contributed by atoms with Crippen molar-refractivity contribution in [3.63, 3.8) is 0 Å². The zero-order valence-electron chi connectivity index (χ0n) is 15.0. The maximum Gasteiger partial charge on any atom is 0.249 e. The van der Waals surface area contributed by atoms with Gasteiger partial charge in [0.1, 0.15) is 6.10 Å². The van der Waals surface area contributed by atoms with Crippen LogP contribution >= 0.6 is 0 Å². The maximum atomic E-state index is 12.4. The fraction of sp³-hybridized carbons (Fsp3) is 0.318. The first-order valence-corrected chi connectivity index (χ1v) is 9.24. The van der Waals surface area contributed by atoms with Crippen LogP contribution in [0.15, 0.2) is 54.7 Å². The summed E-state index contributed by atoms with van der Waals surface area (Å²) in [6.45, 7) is 3.34. The molecule has 0 aliphatic carbocycles. The minimum Gasteiger partial charge on any atom is -0.368 e. The molecule has 2 aromatic carbocycles. The van der Waals surface area contributed by atoms with Gasteiger partial charge in [0.2, 0.25) is 5.91 Å². The van der Waals surface area contributed by atoms with Gasteiger partial charge in [-0.2, -0.15) is 0 Å². The molecule has 134 valence electrons. The molecule has 1 aliphatic heterocycles. The Morgan fingerprint density at radius 3 is 2.96 bits per heavy atom. The van der Waals surface area contributed by atoms with Crippen LogP contribution in [0.25, 0.3) is 10.9 Å². The lowest BCUT2D eigenvalue weighted by molar-refractivity contribution is -0.130. The molecule has 2 unspecified atom stereocenters. The van der Waals surface area contributed by atoms with Crippen LogP contribution < -0.4 is 5.32 Å². The van der Waals surface area contributed by atoms with E-state index >= 15 is 0 Å². The predicted molar refractivity (Wildman–Crippen MR) is 103 cm³/mol. The highest BCUT2D eigenvalue weighted by atomic mass is 16.5. The molecule has 26 heavy (non-hydrogen) atoms. The van der Waals surface area contributed by atoms with Crippen molar-refractivity contribution in [3.8, 4) is 0 Å². The second-order valence-electron chi connectivity index (χ2n) is 7.00. The predicted octanol–water partition coefficient (Wildman–Crippen LogP) is 3.90. The summed E-state index contributed by atoms with van der Waals surface area (Å²) in [5, 5.41) is 4.32. The van der Waals surface area contributed by atoms with Gasteiger partial charge in [-0.1, -0.05) is 48.0 Å². The van der Waals surface area contributed by atoms with E-state index in [9.17, 15) is 4.79 Å². The van der Waals surface area contributed by atoms with Crippen LogP contribution in [0, 0.1) is 6.92 Å². The van der Waals surface area contributed by atoms with Gasteiger partial charge in [0.25, 0.3) is 0 Å². The van der Waals surface area contributed by atoms with Crippen LogP contribution in [0.1, 0.15) is 35.4 Å². The number of carbonyl (C=O) groups is 1. The number of benzene rings is 2. The molecule has 2 heterocycles. The first kappa shape index (κ1) is 16.9. The number of hydrogen-bond donors (Lipinski definition) is 2. The first-order chi connectivity index (χ1) is 12.7. The number of nitrogens with one attached hydrogen (secondary N) is 2. The Balaban J connectivity index is 1.64. The molecule has 4 heteroatoms. The molecule has 0 bridgehead atoms. The Morgan fingerprint density at radius 2 is 2.15 bits per heavy atom. The minimum atomic E-state index is -0.295. The van der Waals surface area contributed by atoms with Crippen molar-refractivity contribution in [1.29, 1.82) is 0 Å². The number of hydrogen-bond acceptors (Lipinski definition) is 2. The number of H-pyrrole nitrogens is 1. The van der Waals surface area contributed by atoms with Gasteiger partial charge in [0.15, 0.2) is 0 Å². The van der Waals surface area contributed by atoms with Crippen LogP contribution in [0.3, 0.4) is 0 Å². The van der Waals surface area contributed by atoms with Crippen molar-refractivity contribution in [1.82, 2.24) is 10.3 Å². The summed E-state index contributed by atoms with van der Waals surface area (Å²) in [6.07, 6.45) is 3.54. The SMILES string of the molecule is Cc1cccc(C(CNC(=O)C2CCCO2)c2c[nH]c3ccccc23)c1. The van der Waals surface area contributed by atoms with E-state index in [0.29, 0.717) is 13.2 Å². The second-order valence-corrected chi connectivity index (χ2v) is 7.00. The van der Waals surface area contributed by atoms with Gasteiger partial charge in [-0.25, -0.2) is 0 Å². The molecule has 1 aromatic heterocycles. The molecule has 2 atom stereocenters. The van der Waals surface area contributed by atoms with E-state index in [1.54, 1.807) is 0 Å². The van der Waals surface area contributed by atoms with E-state index in [4.69, 9.17) is 4.74 Å². The van der Waals surface area contributed by atoms with Crippen molar-refractivity contribution in [2.75, 3.05) is 13.2 Å². The standard InChI is InChI=1S/C22H24N2O2/c1-15-6-4-7-16(12-15)18(13-24-22(25)21-10-5-11-26-21)19-14-23-20-9-3-2-8-17(19)20/h2-4,6-9,12,14,18,21,23H,5,10-11,13H2,1H3,(H,24,25). The van der Waals surface area contributed by atoms with Gasteiger partial charge in [0.05, 0.1) is 0 Å². The lowest BCUT2D eigenvalue weighted by atomic mass is 9.90. The zero-order valence-corrected chi connectivity index (χ0v) is 15.0. The fourth-order valence-electron chi connectivity index (χ4n) is 3.78. The van der Waals surface area contributed by atoms with E-state index in [1.807, 2.05) is 6.07 Å². The highest BCUT2D eigenvalue weighted by Crippen LogP contribution is 2.31. The van der Waals surface area contributed by atoms with Crippen LogP contribution in [0.5, 0.6) is 0 Å². The summed E-state index contributed by atoms with van der Waals surface area (Å²) in [4.78, 5) is 15.8. The Kier molecular flexibility index (Phi) is 4.76. The molecule has 1 amide bonds. The summed E-state index contributed by atoms with van der Waals surface area (Å²) in [5.74, 6) is 0.0939. The molecule has 0 spiro atoms. The fourth-order valence-corrected chi connectivity index (χ4v) is 3.78. The number of aryl methyl sites for hydroxylation is 1. The third-order valence-corrected chi connectivity index (χ3v) is 5.14. The summed E-state index contributed by atoms with van der Waals surface area (Å²) in [6, 6.07) is 16.8. The van der Waals surface area contributed by atoms with Crippen LogP contribution in [-0.2, 0) is 9.53 Å². The highest BCUT2D eigenvalue weighted by molar-refractivity contribution is 5.85. The van der Waals surface area contributed by atoms with Crippen molar-refractivity contribution >= 4 is 16.8 Å². The average molecular weight is 348 g/mol. The maximum absolute atomic E-state index is 12.4. The van der Waals surface area contributed by atoms with E-state index in [0.717, 1.165) is 18.4 Å². The van der Waals surface area contributed by atoms with Crippen molar-refractivity contribution < 1.29 is 9.53 Å². The highest BCUT2D eigenvalue weighted by Gasteiger charge is 2.25. The van der Waals surface area contributed by atoms with E-state index in [1.165, 1.54) is 22.1 Å². The van der Waals surface area contributed by atoms with Gasteiger partial charge >= 0.3 is 0 Å². The van der Waals surface area contributed by atoms with Gasteiger partial charge in [-0.05, 0) is 37.0 Å². The van der Waals surface area contributed by atoms with E-state index in [2.05, 4.69) is 65.9 Å². The molecule has 1 fully saturated rings. The lowest BCUT2D eigenvalue weighted by Gasteiger charge is -2.20. The smallest absolute Gasteiger partial charge is 0.249 e. The number of amides is 1. The molecule has 0 saturated carbocycles. The molecule has 3 aromatic rings. The number of ether oxygens (including phenoxy) is 1. The Labute approximate surface area is 153 Å². The van der Waals surface area contributed by atoms with Crippen LogP contribution in [0.2, 0.25) is 0 Å². The first-order valence-electron chi connectivity index (χ1n) is 9.24. The summed E-state index contributed by atoms with van der Waals surface area (Å²) in [7, 11) is 0. The normalized spacial score (nSPS) is 18.1. The number of rotatable bonds is 5. The molecule has 0 radical (unpaired) electrons. The van der Waals surface area contributed by atoms with Gasteiger partial charge in [0, 0.05) is 36.2 Å². The summed E-state index contributed by atoms with van der Waals surface area (Å²) in [5.41, 5.74) is 4.75. The van der Waals surface area contributed by atoms with Crippen LogP contribution in [0.4, 0.5) is 0 Å². The minimum absolute atomic E-state index is 0.00000525. The second kappa shape index (κ2) is 7.34. The number of fused-ring (bicyclic) bond motifs is 1. The summed E-state index contributed by atoms with van der Waals surface area (Å²) < 4.78 is 5.51. The molecule has 2 N–H and O–H groups in total. The zero-order chi connectivity index (χ0) is 17.9. The summed E-state index contributed by atoms with van der Waals surface area (Å²) >= 11 is 0. The van der Waals surface area contributed by atoms with Gasteiger partial charge < -0.3 is 15.0 Å². The Bertz CT molecular complexity index is 909. The molecule has 4 rings (SSSR count). The quantitative estimate of drug-likeness (QED) is 0.735. The molecule has 1 saturated heterocycles. The van der Waals surface area contributed by atoms with Gasteiger partial charge in [-0.15, -0.1) is 0 Å². The molecule has 4 nitrogen and oxygen atoms in total. The number of aromatic amines is 1. The van der Waals surface area contributed by atoms with Crippen LogP contribution in [-0.4, -0.2) is 30.1 Å². The van der Waals surface area contributed by atoms with Crippen molar-refractivity contribution in [2.45, 2.75) is 31.8 Å². The third-order valence-electron chi connectivity index (χ3n) is 5.14. The molecular formula is C22H24N2O2. The Hall–Kier alpha value is -2.59. The third kappa shape index (κ3) is 3.37. The monoisotopic (exact) mass is 348 g/mol. The van der Waals surface area contributed by atoms with Crippen molar-refractivity contribution in [3.05, 3.63) is 71.4 Å². The van der Waals surface area contributed by atoms with E-state index < -0.39 is 0 Å². The largest absolute Gasteiger partial charge is 0.368 e.